The van der Waals surface area contributed by atoms with Gasteiger partial charge < -0.3 is 5.32 Å². The number of fused-ring (bicyclic) bond motifs is 1. The molecule has 2 aliphatic heterocycles. The van der Waals surface area contributed by atoms with E-state index in [2.05, 4.69) is 11.4 Å². The second-order valence-corrected chi connectivity index (χ2v) is 5.15. The van der Waals surface area contributed by atoms with Crippen LogP contribution in [0.25, 0.3) is 0 Å². The first-order chi connectivity index (χ1) is 8.72. The summed E-state index contributed by atoms with van der Waals surface area (Å²) >= 11 is 1.35. The molecule has 3 heterocycles. The van der Waals surface area contributed by atoms with Gasteiger partial charge in [0.2, 0.25) is 0 Å². The second kappa shape index (κ2) is 4.05. The SMILES string of the molecule is N#Cc1c(N2C(=O)C=CC2=O)sc2c1CCNC2. The van der Waals surface area contributed by atoms with Crippen LogP contribution in [-0.2, 0) is 22.6 Å². The Kier molecular flexibility index (Phi) is 2.51. The van der Waals surface area contributed by atoms with Crippen molar-refractivity contribution in [1.29, 1.82) is 5.26 Å². The van der Waals surface area contributed by atoms with E-state index in [0.717, 1.165) is 28.3 Å². The first-order valence-corrected chi connectivity index (χ1v) is 6.35. The molecule has 0 spiro atoms. The van der Waals surface area contributed by atoms with Gasteiger partial charge >= 0.3 is 0 Å². The minimum atomic E-state index is -0.372. The summed E-state index contributed by atoms with van der Waals surface area (Å²) in [4.78, 5) is 25.5. The van der Waals surface area contributed by atoms with Gasteiger partial charge in [0.15, 0.2) is 0 Å². The first-order valence-electron chi connectivity index (χ1n) is 5.54. The summed E-state index contributed by atoms with van der Waals surface area (Å²) in [6, 6.07) is 2.13. The Labute approximate surface area is 107 Å². The molecule has 18 heavy (non-hydrogen) atoms. The van der Waals surface area contributed by atoms with Gasteiger partial charge in [0.05, 0.1) is 5.56 Å². The highest BCUT2D eigenvalue weighted by Crippen LogP contribution is 2.38. The van der Waals surface area contributed by atoms with Crippen LogP contribution >= 0.6 is 11.3 Å². The van der Waals surface area contributed by atoms with Crippen LogP contribution in [0.3, 0.4) is 0 Å². The molecule has 3 rings (SSSR count). The van der Waals surface area contributed by atoms with Crippen molar-refractivity contribution >= 4 is 28.2 Å². The minimum absolute atomic E-state index is 0.372. The van der Waals surface area contributed by atoms with Crippen molar-refractivity contribution in [2.45, 2.75) is 13.0 Å². The number of rotatable bonds is 1. The number of carbonyl (C=O) groups is 2. The summed E-state index contributed by atoms with van der Waals surface area (Å²) in [5, 5.41) is 12.9. The molecular formula is C12H9N3O2S. The van der Waals surface area contributed by atoms with Gasteiger partial charge in [-0.1, -0.05) is 0 Å². The van der Waals surface area contributed by atoms with Crippen LogP contribution in [0.5, 0.6) is 0 Å². The van der Waals surface area contributed by atoms with Gasteiger partial charge in [0, 0.05) is 23.6 Å². The lowest BCUT2D eigenvalue weighted by molar-refractivity contribution is -0.119. The summed E-state index contributed by atoms with van der Waals surface area (Å²) < 4.78 is 0. The van der Waals surface area contributed by atoms with E-state index in [0.29, 0.717) is 17.1 Å². The number of nitriles is 1. The first kappa shape index (κ1) is 11.1. The highest BCUT2D eigenvalue weighted by atomic mass is 32.1. The van der Waals surface area contributed by atoms with Gasteiger partial charge in [-0.3, -0.25) is 9.59 Å². The predicted octanol–water partition coefficient (Wildman–Crippen LogP) is 0.695. The minimum Gasteiger partial charge on any atom is -0.312 e. The molecule has 1 aromatic heterocycles. The standard InChI is InChI=1S/C12H9N3O2S/c13-5-8-7-3-4-14-6-9(7)18-12(8)15-10(16)1-2-11(15)17/h1-2,14H,3-4,6H2. The average molecular weight is 259 g/mol. The summed E-state index contributed by atoms with van der Waals surface area (Å²) in [6.07, 6.45) is 3.24. The summed E-state index contributed by atoms with van der Waals surface area (Å²) in [5.41, 5.74) is 1.45. The van der Waals surface area contributed by atoms with E-state index < -0.39 is 0 Å². The fraction of sp³-hybridized carbons (Fsp3) is 0.250. The van der Waals surface area contributed by atoms with Crippen molar-refractivity contribution in [1.82, 2.24) is 5.32 Å². The van der Waals surface area contributed by atoms with Crippen LogP contribution in [0.2, 0.25) is 0 Å². The molecule has 5 nitrogen and oxygen atoms in total. The number of hydrogen-bond donors (Lipinski definition) is 1. The van der Waals surface area contributed by atoms with Crippen molar-refractivity contribution in [3.05, 3.63) is 28.2 Å². The van der Waals surface area contributed by atoms with Gasteiger partial charge in [-0.2, -0.15) is 5.26 Å². The summed E-state index contributed by atoms with van der Waals surface area (Å²) in [6.45, 7) is 1.51. The smallest absolute Gasteiger partial charge is 0.258 e. The van der Waals surface area contributed by atoms with E-state index in [1.54, 1.807) is 0 Å². The van der Waals surface area contributed by atoms with E-state index in [1.165, 1.54) is 23.5 Å². The largest absolute Gasteiger partial charge is 0.312 e. The zero-order chi connectivity index (χ0) is 12.7. The molecule has 1 aromatic rings. The molecule has 0 aliphatic carbocycles. The number of hydrogen-bond acceptors (Lipinski definition) is 5. The van der Waals surface area contributed by atoms with Crippen LogP contribution in [0.4, 0.5) is 5.00 Å². The van der Waals surface area contributed by atoms with Crippen molar-refractivity contribution in [3.63, 3.8) is 0 Å². The monoisotopic (exact) mass is 259 g/mol. The Morgan fingerprint density at radius 1 is 1.33 bits per heavy atom. The fourth-order valence-corrected chi connectivity index (χ4v) is 3.47. The number of amides is 2. The number of carbonyl (C=O) groups excluding carboxylic acids is 2. The van der Waals surface area contributed by atoms with Crippen LogP contribution in [0.15, 0.2) is 12.2 Å². The molecule has 0 fully saturated rings. The maximum absolute atomic E-state index is 11.7. The van der Waals surface area contributed by atoms with E-state index in [-0.39, 0.29) is 11.8 Å². The Morgan fingerprint density at radius 3 is 2.72 bits per heavy atom. The molecule has 0 saturated carbocycles. The van der Waals surface area contributed by atoms with Gasteiger partial charge in [-0.25, -0.2) is 4.90 Å². The third-order valence-corrected chi connectivity index (χ3v) is 4.25. The van der Waals surface area contributed by atoms with E-state index in [4.69, 9.17) is 0 Å². The number of nitrogens with one attached hydrogen (secondary N) is 1. The lowest BCUT2D eigenvalue weighted by Crippen LogP contribution is -2.29. The quantitative estimate of drug-likeness (QED) is 0.753. The molecular weight excluding hydrogens is 250 g/mol. The maximum atomic E-state index is 11.7. The van der Waals surface area contributed by atoms with E-state index in [1.807, 2.05) is 0 Å². The lowest BCUT2D eigenvalue weighted by atomic mass is 10.0. The van der Waals surface area contributed by atoms with Crippen molar-refractivity contribution < 1.29 is 9.59 Å². The highest BCUT2D eigenvalue weighted by Gasteiger charge is 2.32. The van der Waals surface area contributed by atoms with Gasteiger partial charge in [0.1, 0.15) is 11.1 Å². The number of imide groups is 1. The molecule has 0 bridgehead atoms. The Bertz CT molecular complexity index is 606. The number of thiophene rings is 1. The molecule has 0 radical (unpaired) electrons. The Balaban J connectivity index is 2.13. The average Bonchev–Trinajstić information content (AvgIpc) is 2.89. The topological polar surface area (TPSA) is 73.2 Å². The third-order valence-electron chi connectivity index (χ3n) is 3.03. The zero-order valence-corrected chi connectivity index (χ0v) is 10.2. The van der Waals surface area contributed by atoms with Crippen LogP contribution in [0, 0.1) is 11.3 Å². The number of anilines is 1. The predicted molar refractivity (Wildman–Crippen MR) is 66.1 cm³/mol. The van der Waals surface area contributed by atoms with E-state index >= 15 is 0 Å². The Hall–Kier alpha value is -1.97. The van der Waals surface area contributed by atoms with E-state index in [9.17, 15) is 14.9 Å². The number of nitrogens with zero attached hydrogens (tertiary/aromatic N) is 2. The van der Waals surface area contributed by atoms with Crippen LogP contribution < -0.4 is 10.2 Å². The molecule has 6 heteroatoms. The molecule has 0 atom stereocenters. The zero-order valence-electron chi connectivity index (χ0n) is 9.40. The molecule has 1 N–H and O–H groups in total. The maximum Gasteiger partial charge on any atom is 0.258 e. The highest BCUT2D eigenvalue weighted by molar-refractivity contribution is 7.17. The fourth-order valence-electron chi connectivity index (χ4n) is 2.19. The van der Waals surface area contributed by atoms with Crippen molar-refractivity contribution in [2.24, 2.45) is 0 Å². The summed E-state index contributed by atoms with van der Waals surface area (Å²) in [7, 11) is 0. The van der Waals surface area contributed by atoms with Crippen LogP contribution in [-0.4, -0.2) is 18.4 Å². The Morgan fingerprint density at radius 2 is 2.06 bits per heavy atom. The van der Waals surface area contributed by atoms with Crippen molar-refractivity contribution in [3.8, 4) is 6.07 Å². The summed E-state index contributed by atoms with van der Waals surface area (Å²) in [5.74, 6) is -0.744. The molecule has 2 amide bonds. The molecule has 90 valence electrons. The van der Waals surface area contributed by atoms with Gasteiger partial charge in [-0.15, -0.1) is 11.3 Å². The second-order valence-electron chi connectivity index (χ2n) is 4.07. The molecule has 0 aromatic carbocycles. The third kappa shape index (κ3) is 1.49. The molecule has 0 unspecified atom stereocenters. The van der Waals surface area contributed by atoms with Gasteiger partial charge in [0.25, 0.3) is 11.8 Å². The van der Waals surface area contributed by atoms with Crippen molar-refractivity contribution in [2.75, 3.05) is 11.4 Å². The lowest BCUT2D eigenvalue weighted by Gasteiger charge is -2.12. The molecule has 0 saturated heterocycles. The molecule has 2 aliphatic rings. The van der Waals surface area contributed by atoms with Crippen LogP contribution in [0.1, 0.15) is 16.0 Å². The normalized spacial score (nSPS) is 18.1. The van der Waals surface area contributed by atoms with Gasteiger partial charge in [-0.05, 0) is 18.5 Å².